The van der Waals surface area contributed by atoms with Crippen LogP contribution in [0.2, 0.25) is 0 Å². The zero-order valence-electron chi connectivity index (χ0n) is 14.8. The highest BCUT2D eigenvalue weighted by molar-refractivity contribution is 5.74. The normalized spacial score (nSPS) is 22.2. The highest BCUT2D eigenvalue weighted by Crippen LogP contribution is 2.25. The van der Waals surface area contributed by atoms with Gasteiger partial charge in [-0.05, 0) is 30.5 Å². The SMILES string of the molecule is CN(C)c1ccc(C2CN(C(=O)NC3CCCCC3)CCO2)cc1. The van der Waals surface area contributed by atoms with Crippen molar-refractivity contribution < 1.29 is 9.53 Å². The van der Waals surface area contributed by atoms with Gasteiger partial charge >= 0.3 is 6.03 Å². The van der Waals surface area contributed by atoms with Crippen molar-refractivity contribution >= 4 is 11.7 Å². The second kappa shape index (κ2) is 7.88. The summed E-state index contributed by atoms with van der Waals surface area (Å²) in [5.74, 6) is 0. The average Bonchev–Trinajstić information content (AvgIpc) is 2.63. The minimum absolute atomic E-state index is 0.0351. The molecule has 1 saturated carbocycles. The third kappa shape index (κ3) is 4.20. The summed E-state index contributed by atoms with van der Waals surface area (Å²) < 4.78 is 5.90. The van der Waals surface area contributed by atoms with Crippen molar-refractivity contribution in [2.45, 2.75) is 44.2 Å². The molecule has 1 N–H and O–H groups in total. The fourth-order valence-corrected chi connectivity index (χ4v) is 3.54. The van der Waals surface area contributed by atoms with Crippen LogP contribution in [-0.2, 0) is 4.74 Å². The molecule has 1 saturated heterocycles. The van der Waals surface area contributed by atoms with E-state index in [0.29, 0.717) is 25.7 Å². The van der Waals surface area contributed by atoms with Crippen LogP contribution in [0.15, 0.2) is 24.3 Å². The number of carbonyl (C=O) groups excluding carboxylic acids is 1. The fraction of sp³-hybridized carbons (Fsp3) is 0.632. The highest BCUT2D eigenvalue weighted by Gasteiger charge is 2.27. The predicted octanol–water partition coefficient (Wildman–Crippen LogP) is 3.17. The van der Waals surface area contributed by atoms with Gasteiger partial charge in [0.05, 0.1) is 13.2 Å². The van der Waals surface area contributed by atoms with Crippen LogP contribution in [0, 0.1) is 0 Å². The Hall–Kier alpha value is -1.75. The number of morpholine rings is 1. The first-order valence-electron chi connectivity index (χ1n) is 9.08. The maximum Gasteiger partial charge on any atom is 0.317 e. The van der Waals surface area contributed by atoms with Crippen molar-refractivity contribution in [3.63, 3.8) is 0 Å². The Morgan fingerprint density at radius 2 is 1.88 bits per heavy atom. The Kier molecular flexibility index (Phi) is 5.61. The van der Waals surface area contributed by atoms with E-state index in [1.54, 1.807) is 0 Å². The molecule has 3 rings (SSSR count). The molecule has 24 heavy (non-hydrogen) atoms. The van der Waals surface area contributed by atoms with Crippen LogP contribution in [0.25, 0.3) is 0 Å². The van der Waals surface area contributed by atoms with Crippen LogP contribution >= 0.6 is 0 Å². The summed E-state index contributed by atoms with van der Waals surface area (Å²) in [5, 5.41) is 3.21. The van der Waals surface area contributed by atoms with E-state index in [1.807, 2.05) is 19.0 Å². The Morgan fingerprint density at radius 3 is 2.54 bits per heavy atom. The molecule has 0 spiro atoms. The first kappa shape index (κ1) is 17.1. The van der Waals surface area contributed by atoms with E-state index in [0.717, 1.165) is 18.4 Å². The lowest BCUT2D eigenvalue weighted by molar-refractivity contribution is -0.0159. The topological polar surface area (TPSA) is 44.8 Å². The molecule has 1 heterocycles. The van der Waals surface area contributed by atoms with Gasteiger partial charge in [-0.2, -0.15) is 0 Å². The van der Waals surface area contributed by atoms with Crippen LogP contribution in [0.1, 0.15) is 43.8 Å². The van der Waals surface area contributed by atoms with Gasteiger partial charge in [0.1, 0.15) is 6.10 Å². The number of benzene rings is 1. The van der Waals surface area contributed by atoms with Gasteiger partial charge in [-0.25, -0.2) is 4.79 Å². The zero-order chi connectivity index (χ0) is 16.9. The Labute approximate surface area is 145 Å². The van der Waals surface area contributed by atoms with Crippen LogP contribution in [0.5, 0.6) is 0 Å². The number of rotatable bonds is 3. The Balaban J connectivity index is 1.58. The minimum atomic E-state index is -0.0351. The van der Waals surface area contributed by atoms with E-state index in [1.165, 1.54) is 24.9 Å². The van der Waals surface area contributed by atoms with Crippen LogP contribution in [-0.4, -0.2) is 50.8 Å². The molecule has 5 nitrogen and oxygen atoms in total. The van der Waals surface area contributed by atoms with Gasteiger partial charge in [0, 0.05) is 32.4 Å². The number of urea groups is 1. The number of hydrogen-bond donors (Lipinski definition) is 1. The summed E-state index contributed by atoms with van der Waals surface area (Å²) in [6, 6.07) is 8.82. The molecule has 2 amide bonds. The van der Waals surface area contributed by atoms with Crippen molar-refractivity contribution in [2.24, 2.45) is 0 Å². The van der Waals surface area contributed by atoms with Crippen LogP contribution < -0.4 is 10.2 Å². The number of nitrogens with one attached hydrogen (secondary N) is 1. The first-order chi connectivity index (χ1) is 11.6. The second-order valence-electron chi connectivity index (χ2n) is 7.08. The number of hydrogen-bond acceptors (Lipinski definition) is 3. The molecule has 1 atom stereocenters. The lowest BCUT2D eigenvalue weighted by Crippen LogP contribution is -2.50. The van der Waals surface area contributed by atoms with Gasteiger partial charge in [0.2, 0.25) is 0 Å². The number of carbonyl (C=O) groups is 1. The summed E-state index contributed by atoms with van der Waals surface area (Å²) in [7, 11) is 4.06. The monoisotopic (exact) mass is 331 g/mol. The molecule has 1 aromatic rings. The molecule has 132 valence electrons. The van der Waals surface area contributed by atoms with Crippen molar-refractivity contribution in [1.29, 1.82) is 0 Å². The molecule has 1 aliphatic carbocycles. The van der Waals surface area contributed by atoms with E-state index in [-0.39, 0.29) is 12.1 Å². The number of ether oxygens (including phenoxy) is 1. The second-order valence-corrected chi connectivity index (χ2v) is 7.08. The van der Waals surface area contributed by atoms with Gasteiger partial charge in [-0.3, -0.25) is 0 Å². The van der Waals surface area contributed by atoms with Crippen molar-refractivity contribution in [2.75, 3.05) is 38.7 Å². The molecule has 0 aromatic heterocycles. The van der Waals surface area contributed by atoms with E-state index >= 15 is 0 Å². The molecule has 1 aliphatic heterocycles. The van der Waals surface area contributed by atoms with E-state index in [4.69, 9.17) is 4.74 Å². The van der Waals surface area contributed by atoms with Gasteiger partial charge in [0.25, 0.3) is 0 Å². The summed E-state index contributed by atoms with van der Waals surface area (Å²) in [4.78, 5) is 16.5. The molecule has 0 radical (unpaired) electrons. The zero-order valence-corrected chi connectivity index (χ0v) is 14.8. The van der Waals surface area contributed by atoms with Gasteiger partial charge in [-0.15, -0.1) is 0 Å². The van der Waals surface area contributed by atoms with E-state index in [2.05, 4.69) is 34.5 Å². The molecule has 2 fully saturated rings. The quantitative estimate of drug-likeness (QED) is 0.925. The molecule has 0 bridgehead atoms. The summed E-state index contributed by atoms with van der Waals surface area (Å²) in [5.41, 5.74) is 2.30. The average molecular weight is 331 g/mol. The van der Waals surface area contributed by atoms with Crippen LogP contribution in [0.3, 0.4) is 0 Å². The van der Waals surface area contributed by atoms with Crippen molar-refractivity contribution in [3.8, 4) is 0 Å². The molecule has 2 aliphatic rings. The molecular formula is C19H29N3O2. The Bertz CT molecular complexity index is 538. The number of amides is 2. The lowest BCUT2D eigenvalue weighted by atomic mass is 9.96. The van der Waals surface area contributed by atoms with Gasteiger partial charge in [-0.1, -0.05) is 31.4 Å². The third-order valence-corrected chi connectivity index (χ3v) is 5.07. The van der Waals surface area contributed by atoms with Crippen LogP contribution in [0.4, 0.5) is 10.5 Å². The first-order valence-corrected chi connectivity index (χ1v) is 9.08. The summed E-state index contributed by atoms with van der Waals surface area (Å²) >= 11 is 0. The lowest BCUT2D eigenvalue weighted by Gasteiger charge is -2.35. The van der Waals surface area contributed by atoms with Crippen molar-refractivity contribution in [3.05, 3.63) is 29.8 Å². The highest BCUT2D eigenvalue weighted by atomic mass is 16.5. The summed E-state index contributed by atoms with van der Waals surface area (Å²) in [6.45, 7) is 1.89. The number of nitrogens with zero attached hydrogens (tertiary/aromatic N) is 2. The Morgan fingerprint density at radius 1 is 1.17 bits per heavy atom. The largest absolute Gasteiger partial charge is 0.378 e. The van der Waals surface area contributed by atoms with E-state index in [9.17, 15) is 4.79 Å². The molecule has 1 aromatic carbocycles. The minimum Gasteiger partial charge on any atom is -0.378 e. The fourth-order valence-electron chi connectivity index (χ4n) is 3.54. The van der Waals surface area contributed by atoms with E-state index < -0.39 is 0 Å². The molecule has 5 heteroatoms. The smallest absolute Gasteiger partial charge is 0.317 e. The van der Waals surface area contributed by atoms with Gasteiger partial charge < -0.3 is 19.9 Å². The summed E-state index contributed by atoms with van der Waals surface area (Å²) in [6.07, 6.45) is 5.96. The van der Waals surface area contributed by atoms with Crippen molar-refractivity contribution in [1.82, 2.24) is 10.2 Å². The third-order valence-electron chi connectivity index (χ3n) is 5.07. The predicted molar refractivity (Wildman–Crippen MR) is 96.4 cm³/mol. The maximum atomic E-state index is 12.5. The number of anilines is 1. The maximum absolute atomic E-state index is 12.5. The molecular weight excluding hydrogens is 302 g/mol. The standard InChI is InChI=1S/C19H29N3O2/c1-21(2)17-10-8-15(9-11-17)18-14-22(12-13-24-18)19(23)20-16-6-4-3-5-7-16/h8-11,16,18H,3-7,12-14H2,1-2H3,(H,20,23). The molecule has 1 unspecified atom stereocenters. The van der Waals surface area contributed by atoms with Gasteiger partial charge in [0.15, 0.2) is 0 Å².